The van der Waals surface area contributed by atoms with E-state index in [1.54, 1.807) is 0 Å². The van der Waals surface area contributed by atoms with Gasteiger partial charge in [0.1, 0.15) is 5.75 Å². The normalized spacial score (nSPS) is 10.7. The standard InChI is InChI=1S/C15H15NO2/c17-16-12-14-7-4-8-15(11-14)18-10-9-13-5-2-1-3-6-13/h1-8,11-12,17H,9-10H2/b16-12+. The summed E-state index contributed by atoms with van der Waals surface area (Å²) in [7, 11) is 0. The summed E-state index contributed by atoms with van der Waals surface area (Å²) in [5.41, 5.74) is 2.07. The average molecular weight is 241 g/mol. The number of hydrogen-bond acceptors (Lipinski definition) is 3. The molecule has 18 heavy (non-hydrogen) atoms. The fourth-order valence-corrected chi connectivity index (χ4v) is 1.68. The van der Waals surface area contributed by atoms with Crippen LogP contribution < -0.4 is 4.74 Å². The minimum atomic E-state index is 0.629. The highest BCUT2D eigenvalue weighted by Gasteiger charge is 1.96. The van der Waals surface area contributed by atoms with E-state index in [0.717, 1.165) is 17.7 Å². The van der Waals surface area contributed by atoms with Gasteiger partial charge in [-0.05, 0) is 23.3 Å². The quantitative estimate of drug-likeness (QED) is 0.496. The Balaban J connectivity index is 1.88. The summed E-state index contributed by atoms with van der Waals surface area (Å²) >= 11 is 0. The second-order valence-corrected chi connectivity index (χ2v) is 3.90. The van der Waals surface area contributed by atoms with Crippen molar-refractivity contribution in [3.8, 4) is 5.75 Å². The number of oxime groups is 1. The SMILES string of the molecule is O/N=C/c1cccc(OCCc2ccccc2)c1. The lowest BCUT2D eigenvalue weighted by molar-refractivity contribution is 0.320. The molecule has 2 aromatic rings. The lowest BCUT2D eigenvalue weighted by Crippen LogP contribution is -2.01. The van der Waals surface area contributed by atoms with Crippen molar-refractivity contribution < 1.29 is 9.94 Å². The fourth-order valence-electron chi connectivity index (χ4n) is 1.68. The molecule has 0 saturated carbocycles. The van der Waals surface area contributed by atoms with E-state index < -0.39 is 0 Å². The van der Waals surface area contributed by atoms with Crippen LogP contribution in [0.15, 0.2) is 59.8 Å². The molecule has 0 spiro atoms. The largest absolute Gasteiger partial charge is 0.493 e. The fraction of sp³-hybridized carbons (Fsp3) is 0.133. The molecule has 2 aromatic carbocycles. The Bertz CT molecular complexity index is 509. The molecule has 92 valence electrons. The summed E-state index contributed by atoms with van der Waals surface area (Å²) in [6.45, 7) is 0.629. The Morgan fingerprint density at radius 1 is 1.06 bits per heavy atom. The first kappa shape index (κ1) is 12.2. The highest BCUT2D eigenvalue weighted by Crippen LogP contribution is 2.12. The van der Waals surface area contributed by atoms with Crippen molar-refractivity contribution in [2.75, 3.05) is 6.61 Å². The summed E-state index contributed by atoms with van der Waals surface area (Å²) in [4.78, 5) is 0. The van der Waals surface area contributed by atoms with Crippen molar-refractivity contribution in [3.63, 3.8) is 0 Å². The zero-order chi connectivity index (χ0) is 12.6. The maximum absolute atomic E-state index is 8.46. The second kappa shape index (κ2) is 6.45. The Labute approximate surface area is 106 Å². The molecule has 0 unspecified atom stereocenters. The van der Waals surface area contributed by atoms with E-state index >= 15 is 0 Å². The van der Waals surface area contributed by atoms with Gasteiger partial charge in [-0.2, -0.15) is 0 Å². The first-order valence-corrected chi connectivity index (χ1v) is 5.83. The lowest BCUT2D eigenvalue weighted by atomic mass is 10.2. The molecule has 0 amide bonds. The summed E-state index contributed by atoms with van der Waals surface area (Å²) < 4.78 is 5.65. The van der Waals surface area contributed by atoms with Crippen LogP contribution in [0.25, 0.3) is 0 Å². The molecule has 0 aliphatic carbocycles. The molecule has 3 heteroatoms. The zero-order valence-corrected chi connectivity index (χ0v) is 9.99. The molecular weight excluding hydrogens is 226 g/mol. The number of ether oxygens (including phenoxy) is 1. The third-order valence-corrected chi connectivity index (χ3v) is 2.57. The van der Waals surface area contributed by atoms with Gasteiger partial charge in [-0.1, -0.05) is 47.6 Å². The van der Waals surface area contributed by atoms with E-state index in [0.29, 0.717) is 6.61 Å². The van der Waals surface area contributed by atoms with Crippen LogP contribution >= 0.6 is 0 Å². The van der Waals surface area contributed by atoms with Gasteiger partial charge in [0, 0.05) is 6.42 Å². The molecule has 0 atom stereocenters. The summed E-state index contributed by atoms with van der Waals surface area (Å²) in [6, 6.07) is 17.7. The van der Waals surface area contributed by atoms with E-state index in [-0.39, 0.29) is 0 Å². The third-order valence-electron chi connectivity index (χ3n) is 2.57. The van der Waals surface area contributed by atoms with E-state index in [1.807, 2.05) is 42.5 Å². The topological polar surface area (TPSA) is 41.8 Å². The molecule has 0 bridgehead atoms. The van der Waals surface area contributed by atoms with E-state index in [1.165, 1.54) is 11.8 Å². The highest BCUT2D eigenvalue weighted by atomic mass is 16.5. The average Bonchev–Trinajstić information content (AvgIpc) is 2.41. The monoisotopic (exact) mass is 241 g/mol. The van der Waals surface area contributed by atoms with Gasteiger partial charge < -0.3 is 9.94 Å². The first-order chi connectivity index (χ1) is 8.88. The predicted molar refractivity (Wildman–Crippen MR) is 71.5 cm³/mol. The van der Waals surface area contributed by atoms with Gasteiger partial charge in [-0.25, -0.2) is 0 Å². The van der Waals surface area contributed by atoms with E-state index in [2.05, 4.69) is 17.3 Å². The van der Waals surface area contributed by atoms with Gasteiger partial charge in [0.2, 0.25) is 0 Å². The van der Waals surface area contributed by atoms with Gasteiger partial charge >= 0.3 is 0 Å². The first-order valence-electron chi connectivity index (χ1n) is 5.83. The van der Waals surface area contributed by atoms with E-state index in [9.17, 15) is 0 Å². The van der Waals surface area contributed by atoms with Crippen molar-refractivity contribution in [2.45, 2.75) is 6.42 Å². The maximum atomic E-state index is 8.46. The molecule has 2 rings (SSSR count). The Morgan fingerprint density at radius 2 is 1.89 bits per heavy atom. The Kier molecular flexibility index (Phi) is 4.36. The molecule has 3 nitrogen and oxygen atoms in total. The molecule has 0 aromatic heterocycles. The van der Waals surface area contributed by atoms with Crippen LogP contribution in [0.4, 0.5) is 0 Å². The Morgan fingerprint density at radius 3 is 2.67 bits per heavy atom. The number of hydrogen-bond donors (Lipinski definition) is 1. The van der Waals surface area contributed by atoms with Crippen molar-refractivity contribution in [2.24, 2.45) is 5.16 Å². The molecule has 0 aliphatic heterocycles. The van der Waals surface area contributed by atoms with Gasteiger partial charge in [0.25, 0.3) is 0 Å². The maximum Gasteiger partial charge on any atom is 0.119 e. The summed E-state index contributed by atoms with van der Waals surface area (Å²) in [5.74, 6) is 0.781. The molecule has 0 fully saturated rings. The molecule has 0 saturated heterocycles. The van der Waals surface area contributed by atoms with E-state index in [4.69, 9.17) is 9.94 Å². The van der Waals surface area contributed by atoms with Crippen LogP contribution in [0.2, 0.25) is 0 Å². The Hall–Kier alpha value is -2.29. The molecule has 0 aliphatic rings. The van der Waals surface area contributed by atoms with Crippen LogP contribution in [-0.2, 0) is 6.42 Å². The van der Waals surface area contributed by atoms with Crippen molar-refractivity contribution in [1.29, 1.82) is 0 Å². The smallest absolute Gasteiger partial charge is 0.119 e. The molecular formula is C15H15NO2. The third kappa shape index (κ3) is 3.63. The van der Waals surface area contributed by atoms with Crippen LogP contribution in [-0.4, -0.2) is 18.0 Å². The number of nitrogens with zero attached hydrogens (tertiary/aromatic N) is 1. The second-order valence-electron chi connectivity index (χ2n) is 3.90. The molecule has 0 heterocycles. The summed E-state index contributed by atoms with van der Waals surface area (Å²) in [5, 5.41) is 11.5. The predicted octanol–water partition coefficient (Wildman–Crippen LogP) is 3.12. The highest BCUT2D eigenvalue weighted by molar-refractivity contribution is 5.79. The minimum absolute atomic E-state index is 0.629. The molecule has 0 radical (unpaired) electrons. The minimum Gasteiger partial charge on any atom is -0.493 e. The number of rotatable bonds is 5. The van der Waals surface area contributed by atoms with Gasteiger partial charge in [-0.15, -0.1) is 0 Å². The van der Waals surface area contributed by atoms with Crippen molar-refractivity contribution in [3.05, 3.63) is 65.7 Å². The van der Waals surface area contributed by atoms with Crippen LogP contribution in [0, 0.1) is 0 Å². The van der Waals surface area contributed by atoms with Gasteiger partial charge in [-0.3, -0.25) is 0 Å². The lowest BCUT2D eigenvalue weighted by Gasteiger charge is -2.06. The van der Waals surface area contributed by atoms with Crippen molar-refractivity contribution in [1.82, 2.24) is 0 Å². The summed E-state index contributed by atoms with van der Waals surface area (Å²) in [6.07, 6.45) is 2.25. The van der Waals surface area contributed by atoms with Crippen LogP contribution in [0.3, 0.4) is 0 Å². The zero-order valence-electron chi connectivity index (χ0n) is 9.99. The van der Waals surface area contributed by atoms with Crippen LogP contribution in [0.5, 0.6) is 5.75 Å². The van der Waals surface area contributed by atoms with Gasteiger partial charge in [0.05, 0.1) is 12.8 Å². The van der Waals surface area contributed by atoms with Gasteiger partial charge in [0.15, 0.2) is 0 Å². The van der Waals surface area contributed by atoms with Crippen molar-refractivity contribution >= 4 is 6.21 Å². The van der Waals surface area contributed by atoms with Crippen LogP contribution in [0.1, 0.15) is 11.1 Å². The molecule has 1 N–H and O–H groups in total. The number of benzene rings is 2.